The molecule has 0 aromatic rings. The lowest BCUT2D eigenvalue weighted by molar-refractivity contribution is -0.128. The molecular formula is C21H37N3O2. The van der Waals surface area contributed by atoms with Gasteiger partial charge in [0.05, 0.1) is 5.92 Å². The number of nitrogens with zero attached hydrogens (tertiary/aromatic N) is 2. The molecule has 26 heavy (non-hydrogen) atoms. The van der Waals surface area contributed by atoms with Crippen LogP contribution in [0.4, 0.5) is 4.79 Å². The van der Waals surface area contributed by atoms with Crippen molar-refractivity contribution in [3.05, 3.63) is 0 Å². The number of likely N-dealkylation sites (tertiary alicyclic amines) is 2. The van der Waals surface area contributed by atoms with E-state index in [9.17, 15) is 9.59 Å². The summed E-state index contributed by atoms with van der Waals surface area (Å²) in [7, 11) is 0. The SMILES string of the molecule is CC(C)(C)C1CCCCC1NC(=O)C1CCCN(C(=O)N2CCCC2)C1. The molecule has 0 radical (unpaired) electrons. The first kappa shape index (κ1) is 19.5. The second-order valence-corrected chi connectivity index (χ2v) is 9.63. The monoisotopic (exact) mass is 363 g/mol. The number of carbonyl (C=O) groups excluding carboxylic acids is 2. The number of nitrogens with one attached hydrogen (secondary N) is 1. The molecule has 0 aromatic carbocycles. The lowest BCUT2D eigenvalue weighted by atomic mass is 9.69. The molecule has 0 aromatic heterocycles. The molecule has 0 spiro atoms. The molecule has 3 amide bonds. The van der Waals surface area contributed by atoms with Crippen molar-refractivity contribution in [2.75, 3.05) is 26.2 Å². The largest absolute Gasteiger partial charge is 0.353 e. The maximum Gasteiger partial charge on any atom is 0.320 e. The first-order chi connectivity index (χ1) is 12.4. The van der Waals surface area contributed by atoms with Crippen molar-refractivity contribution in [2.45, 2.75) is 78.2 Å². The molecule has 1 saturated carbocycles. The van der Waals surface area contributed by atoms with E-state index in [2.05, 4.69) is 26.1 Å². The molecule has 2 saturated heterocycles. The molecular weight excluding hydrogens is 326 g/mol. The Kier molecular flexibility index (Phi) is 6.13. The predicted molar refractivity (Wildman–Crippen MR) is 104 cm³/mol. The van der Waals surface area contributed by atoms with Crippen LogP contribution in [0.5, 0.6) is 0 Å². The Hall–Kier alpha value is -1.26. The van der Waals surface area contributed by atoms with E-state index in [0.29, 0.717) is 18.5 Å². The van der Waals surface area contributed by atoms with Crippen molar-refractivity contribution >= 4 is 11.9 Å². The zero-order chi connectivity index (χ0) is 18.7. The van der Waals surface area contributed by atoms with Crippen molar-refractivity contribution in [2.24, 2.45) is 17.3 Å². The highest BCUT2D eigenvalue weighted by Gasteiger charge is 2.37. The molecule has 5 heteroatoms. The van der Waals surface area contributed by atoms with E-state index >= 15 is 0 Å². The zero-order valence-electron chi connectivity index (χ0n) is 16.9. The molecule has 3 rings (SSSR count). The molecule has 3 aliphatic rings. The van der Waals surface area contributed by atoms with Gasteiger partial charge in [-0.05, 0) is 49.9 Å². The van der Waals surface area contributed by atoms with Gasteiger partial charge in [-0.1, -0.05) is 33.6 Å². The van der Waals surface area contributed by atoms with Gasteiger partial charge in [0, 0.05) is 32.2 Å². The minimum atomic E-state index is -0.0437. The van der Waals surface area contributed by atoms with E-state index in [-0.39, 0.29) is 23.3 Å². The summed E-state index contributed by atoms with van der Waals surface area (Å²) in [6, 6.07) is 0.436. The van der Waals surface area contributed by atoms with Gasteiger partial charge in [-0.15, -0.1) is 0 Å². The number of piperidine rings is 1. The van der Waals surface area contributed by atoms with Crippen LogP contribution in [0, 0.1) is 17.3 Å². The van der Waals surface area contributed by atoms with E-state index in [1.807, 2.05) is 9.80 Å². The summed E-state index contributed by atoms with van der Waals surface area (Å²) in [6.07, 6.45) is 8.85. The van der Waals surface area contributed by atoms with Crippen LogP contribution in [-0.4, -0.2) is 54.0 Å². The second kappa shape index (κ2) is 8.18. The van der Waals surface area contributed by atoms with Gasteiger partial charge in [-0.25, -0.2) is 4.79 Å². The minimum absolute atomic E-state index is 0.0437. The van der Waals surface area contributed by atoms with Gasteiger partial charge in [0.2, 0.25) is 5.91 Å². The second-order valence-electron chi connectivity index (χ2n) is 9.63. The first-order valence-corrected chi connectivity index (χ1v) is 10.7. The van der Waals surface area contributed by atoms with Crippen LogP contribution >= 0.6 is 0 Å². The highest BCUT2D eigenvalue weighted by molar-refractivity contribution is 5.81. The highest BCUT2D eigenvalue weighted by atomic mass is 16.2. The lowest BCUT2D eigenvalue weighted by Crippen LogP contribution is -2.53. The van der Waals surface area contributed by atoms with Crippen LogP contribution in [0.2, 0.25) is 0 Å². The Morgan fingerprint density at radius 3 is 2.19 bits per heavy atom. The summed E-state index contributed by atoms with van der Waals surface area (Å²) in [6.45, 7) is 10.0. The molecule has 5 nitrogen and oxygen atoms in total. The summed E-state index contributed by atoms with van der Waals surface area (Å²) in [5.74, 6) is 0.675. The number of rotatable bonds is 2. The standard InChI is InChI=1S/C21H37N3O2/c1-21(2,3)17-10-4-5-11-18(17)22-19(25)16-9-8-14-24(15-16)20(26)23-12-6-7-13-23/h16-18H,4-15H2,1-3H3,(H,22,25). The van der Waals surface area contributed by atoms with Gasteiger partial charge < -0.3 is 15.1 Å². The molecule has 148 valence electrons. The summed E-state index contributed by atoms with van der Waals surface area (Å²) in [5, 5.41) is 3.38. The molecule has 2 aliphatic heterocycles. The topological polar surface area (TPSA) is 52.7 Å². The molecule has 3 atom stereocenters. The van der Waals surface area contributed by atoms with E-state index in [1.165, 1.54) is 19.3 Å². The van der Waals surface area contributed by atoms with Crippen molar-refractivity contribution in [3.63, 3.8) is 0 Å². The molecule has 3 unspecified atom stereocenters. The van der Waals surface area contributed by atoms with Gasteiger partial charge in [0.1, 0.15) is 0 Å². The smallest absolute Gasteiger partial charge is 0.320 e. The Morgan fingerprint density at radius 2 is 1.50 bits per heavy atom. The van der Waals surface area contributed by atoms with Crippen molar-refractivity contribution in [3.8, 4) is 0 Å². The van der Waals surface area contributed by atoms with Gasteiger partial charge in [0.15, 0.2) is 0 Å². The van der Waals surface area contributed by atoms with Crippen LogP contribution < -0.4 is 5.32 Å². The molecule has 2 heterocycles. The fraction of sp³-hybridized carbons (Fsp3) is 0.905. The van der Waals surface area contributed by atoms with Crippen molar-refractivity contribution in [1.82, 2.24) is 15.1 Å². The van der Waals surface area contributed by atoms with Gasteiger partial charge in [-0.3, -0.25) is 4.79 Å². The van der Waals surface area contributed by atoms with Crippen LogP contribution in [0.25, 0.3) is 0 Å². The summed E-state index contributed by atoms with van der Waals surface area (Å²) >= 11 is 0. The van der Waals surface area contributed by atoms with Gasteiger partial charge in [0.25, 0.3) is 0 Å². The fourth-order valence-electron chi connectivity index (χ4n) is 5.11. The van der Waals surface area contributed by atoms with E-state index in [1.54, 1.807) is 0 Å². The molecule has 1 N–H and O–H groups in total. The zero-order valence-corrected chi connectivity index (χ0v) is 16.9. The number of urea groups is 1. The Morgan fingerprint density at radius 1 is 0.846 bits per heavy atom. The number of hydrogen-bond acceptors (Lipinski definition) is 2. The van der Waals surface area contributed by atoms with Crippen molar-refractivity contribution < 1.29 is 9.59 Å². The third-order valence-electron chi connectivity index (χ3n) is 6.65. The predicted octanol–water partition coefficient (Wildman–Crippen LogP) is 3.64. The minimum Gasteiger partial charge on any atom is -0.353 e. The van der Waals surface area contributed by atoms with E-state index in [4.69, 9.17) is 0 Å². The average molecular weight is 364 g/mol. The maximum absolute atomic E-state index is 13.0. The summed E-state index contributed by atoms with van der Waals surface area (Å²) < 4.78 is 0. The van der Waals surface area contributed by atoms with Gasteiger partial charge >= 0.3 is 6.03 Å². The molecule has 1 aliphatic carbocycles. The Labute approximate surface area is 158 Å². The van der Waals surface area contributed by atoms with Crippen LogP contribution in [-0.2, 0) is 4.79 Å². The van der Waals surface area contributed by atoms with Crippen LogP contribution in [0.15, 0.2) is 0 Å². The number of hydrogen-bond donors (Lipinski definition) is 1. The number of amides is 3. The third kappa shape index (κ3) is 4.52. The average Bonchev–Trinajstić information content (AvgIpc) is 3.15. The summed E-state index contributed by atoms with van der Waals surface area (Å²) in [5.41, 5.74) is 0.225. The fourth-order valence-corrected chi connectivity index (χ4v) is 5.11. The number of carbonyl (C=O) groups is 2. The maximum atomic E-state index is 13.0. The van der Waals surface area contributed by atoms with E-state index in [0.717, 1.165) is 51.7 Å². The van der Waals surface area contributed by atoms with E-state index < -0.39 is 0 Å². The van der Waals surface area contributed by atoms with Crippen LogP contribution in [0.1, 0.15) is 72.1 Å². The Balaban J connectivity index is 1.57. The Bertz CT molecular complexity index is 508. The highest BCUT2D eigenvalue weighted by Crippen LogP contribution is 2.38. The first-order valence-electron chi connectivity index (χ1n) is 10.7. The normalized spacial score (nSPS) is 30.3. The summed E-state index contributed by atoms with van der Waals surface area (Å²) in [4.78, 5) is 29.5. The van der Waals surface area contributed by atoms with Gasteiger partial charge in [-0.2, -0.15) is 0 Å². The molecule has 0 bridgehead atoms. The van der Waals surface area contributed by atoms with Crippen molar-refractivity contribution in [1.29, 1.82) is 0 Å². The van der Waals surface area contributed by atoms with Crippen LogP contribution in [0.3, 0.4) is 0 Å². The molecule has 3 fully saturated rings. The third-order valence-corrected chi connectivity index (χ3v) is 6.65. The lowest BCUT2D eigenvalue weighted by Gasteiger charge is -2.42. The quantitative estimate of drug-likeness (QED) is 0.814.